The lowest BCUT2D eigenvalue weighted by molar-refractivity contribution is 0.0343. The van der Waals surface area contributed by atoms with Crippen molar-refractivity contribution in [3.63, 3.8) is 0 Å². The molecule has 2 heterocycles. The number of rotatable bonds is 2. The summed E-state index contributed by atoms with van der Waals surface area (Å²) in [6.45, 7) is 3.49. The number of esters is 1. The lowest BCUT2D eigenvalue weighted by Crippen LogP contribution is -2.10. The van der Waals surface area contributed by atoms with Crippen LogP contribution in [0.1, 0.15) is 24.4 Å². The molecule has 0 saturated heterocycles. The van der Waals surface area contributed by atoms with Crippen molar-refractivity contribution in [1.29, 1.82) is 0 Å². The first-order valence-electron chi connectivity index (χ1n) is 4.86. The topological polar surface area (TPSA) is 72.6 Å². The molecule has 0 aliphatic rings. The molecule has 16 heavy (non-hydrogen) atoms. The lowest BCUT2D eigenvalue weighted by atomic mass is 10.3. The Hall–Kier alpha value is -2.04. The fourth-order valence-electron chi connectivity index (χ4n) is 1.30. The highest BCUT2D eigenvalue weighted by Crippen LogP contribution is 2.26. The average Bonchev–Trinajstić information content (AvgIpc) is 2.61. The highest BCUT2D eigenvalue weighted by Gasteiger charge is 2.17. The Morgan fingerprint density at radius 2 is 2.31 bits per heavy atom. The molecule has 5 heteroatoms. The monoisotopic (exact) mass is 221 g/mol. The average molecular weight is 221 g/mol. The van der Waals surface area contributed by atoms with Gasteiger partial charge in [-0.1, -0.05) is 0 Å². The Morgan fingerprint density at radius 3 is 2.94 bits per heavy atom. The van der Waals surface area contributed by atoms with Gasteiger partial charge < -0.3 is 14.3 Å². The number of furan rings is 1. The van der Waals surface area contributed by atoms with E-state index in [2.05, 4.69) is 4.98 Å². The van der Waals surface area contributed by atoms with Crippen LogP contribution in [0.2, 0.25) is 0 Å². The molecule has 0 aliphatic heterocycles. The fourth-order valence-corrected chi connectivity index (χ4v) is 1.30. The molecule has 2 aromatic rings. The SMILES string of the molecule is CC(C)OC(=O)c1cc2c(O)ccnc2o1. The number of hydrogen-bond donors (Lipinski definition) is 1. The van der Waals surface area contributed by atoms with Crippen molar-refractivity contribution in [3.8, 4) is 5.75 Å². The molecule has 84 valence electrons. The zero-order chi connectivity index (χ0) is 11.7. The van der Waals surface area contributed by atoms with E-state index in [9.17, 15) is 9.90 Å². The standard InChI is InChI=1S/C11H11NO4/c1-6(2)15-11(14)9-5-7-8(13)3-4-12-10(7)16-9/h3-6H,1-2H3,(H,12,13). The van der Waals surface area contributed by atoms with Gasteiger partial charge in [0.2, 0.25) is 11.5 Å². The highest BCUT2D eigenvalue weighted by molar-refractivity contribution is 5.93. The summed E-state index contributed by atoms with van der Waals surface area (Å²) in [6.07, 6.45) is 1.18. The molecule has 0 radical (unpaired) electrons. The zero-order valence-electron chi connectivity index (χ0n) is 8.93. The molecule has 0 unspecified atom stereocenters. The van der Waals surface area contributed by atoms with Gasteiger partial charge in [-0.05, 0) is 19.9 Å². The maximum Gasteiger partial charge on any atom is 0.374 e. The lowest BCUT2D eigenvalue weighted by Gasteiger charge is -2.04. The summed E-state index contributed by atoms with van der Waals surface area (Å²) in [7, 11) is 0. The first-order valence-corrected chi connectivity index (χ1v) is 4.86. The van der Waals surface area contributed by atoms with Crippen LogP contribution in [0.15, 0.2) is 22.7 Å². The normalized spacial score (nSPS) is 10.9. The largest absolute Gasteiger partial charge is 0.507 e. The molecular formula is C11H11NO4. The van der Waals surface area contributed by atoms with Crippen LogP contribution in [-0.4, -0.2) is 22.2 Å². The number of pyridine rings is 1. The van der Waals surface area contributed by atoms with E-state index >= 15 is 0 Å². The van der Waals surface area contributed by atoms with Crippen molar-refractivity contribution in [1.82, 2.24) is 4.98 Å². The van der Waals surface area contributed by atoms with Gasteiger partial charge in [0.1, 0.15) is 5.75 Å². The molecule has 0 amide bonds. The van der Waals surface area contributed by atoms with Crippen molar-refractivity contribution in [2.24, 2.45) is 0 Å². The van der Waals surface area contributed by atoms with Crippen molar-refractivity contribution in [2.45, 2.75) is 20.0 Å². The van der Waals surface area contributed by atoms with E-state index in [0.717, 1.165) is 0 Å². The number of nitrogens with zero attached hydrogens (tertiary/aromatic N) is 1. The molecule has 1 N–H and O–H groups in total. The third-order valence-corrected chi connectivity index (χ3v) is 1.96. The molecule has 0 bridgehead atoms. The van der Waals surface area contributed by atoms with Gasteiger partial charge in [0, 0.05) is 12.3 Å². The predicted octanol–water partition coefficient (Wildman–Crippen LogP) is 2.10. The quantitative estimate of drug-likeness (QED) is 0.786. The van der Waals surface area contributed by atoms with Gasteiger partial charge in [-0.2, -0.15) is 0 Å². The van der Waals surface area contributed by atoms with Gasteiger partial charge in [0.15, 0.2) is 0 Å². The van der Waals surface area contributed by atoms with Gasteiger partial charge >= 0.3 is 5.97 Å². The van der Waals surface area contributed by atoms with Crippen LogP contribution in [0, 0.1) is 0 Å². The van der Waals surface area contributed by atoms with Gasteiger partial charge in [-0.25, -0.2) is 9.78 Å². The van der Waals surface area contributed by atoms with E-state index in [4.69, 9.17) is 9.15 Å². The molecule has 2 aromatic heterocycles. The smallest absolute Gasteiger partial charge is 0.374 e. The van der Waals surface area contributed by atoms with E-state index in [1.807, 2.05) is 0 Å². The number of aromatic nitrogens is 1. The summed E-state index contributed by atoms with van der Waals surface area (Å²) in [4.78, 5) is 15.4. The number of carbonyl (C=O) groups excluding carboxylic acids is 1. The van der Waals surface area contributed by atoms with Gasteiger partial charge in [-0.3, -0.25) is 0 Å². The Bertz CT molecular complexity index is 530. The maximum absolute atomic E-state index is 11.5. The number of carbonyl (C=O) groups is 1. The minimum atomic E-state index is -0.563. The van der Waals surface area contributed by atoms with Crippen molar-refractivity contribution >= 4 is 17.1 Å². The van der Waals surface area contributed by atoms with E-state index in [0.29, 0.717) is 5.39 Å². The molecule has 0 fully saturated rings. The second kappa shape index (κ2) is 3.84. The third kappa shape index (κ3) is 1.84. The summed E-state index contributed by atoms with van der Waals surface area (Å²) < 4.78 is 10.1. The summed E-state index contributed by atoms with van der Waals surface area (Å²) in [5, 5.41) is 9.90. The third-order valence-electron chi connectivity index (χ3n) is 1.96. The highest BCUT2D eigenvalue weighted by atomic mass is 16.6. The first-order chi connectivity index (χ1) is 7.58. The second-order valence-electron chi connectivity index (χ2n) is 3.61. The summed E-state index contributed by atoms with van der Waals surface area (Å²) in [5.74, 6) is -0.498. The Kier molecular flexibility index (Phi) is 2.52. The summed E-state index contributed by atoms with van der Waals surface area (Å²) >= 11 is 0. The number of hydrogen-bond acceptors (Lipinski definition) is 5. The summed E-state index contributed by atoms with van der Waals surface area (Å²) in [5.41, 5.74) is 0.218. The maximum atomic E-state index is 11.5. The Labute approximate surface area is 91.7 Å². The number of aromatic hydroxyl groups is 1. The number of ether oxygens (including phenoxy) is 1. The molecule has 0 atom stereocenters. The van der Waals surface area contributed by atoms with Crippen molar-refractivity contribution < 1.29 is 19.1 Å². The molecule has 0 aromatic carbocycles. The van der Waals surface area contributed by atoms with Crippen LogP contribution in [0.3, 0.4) is 0 Å². The van der Waals surface area contributed by atoms with Crippen LogP contribution >= 0.6 is 0 Å². The molecule has 0 aliphatic carbocycles. The summed E-state index contributed by atoms with van der Waals surface area (Å²) in [6, 6.07) is 2.85. The van der Waals surface area contributed by atoms with Crippen LogP contribution in [0.5, 0.6) is 5.75 Å². The van der Waals surface area contributed by atoms with Crippen LogP contribution in [-0.2, 0) is 4.74 Å². The van der Waals surface area contributed by atoms with E-state index in [-0.39, 0.29) is 23.3 Å². The Morgan fingerprint density at radius 1 is 1.56 bits per heavy atom. The molecule has 0 saturated carbocycles. The predicted molar refractivity (Wildman–Crippen MR) is 56.2 cm³/mol. The van der Waals surface area contributed by atoms with E-state index in [1.54, 1.807) is 13.8 Å². The minimum Gasteiger partial charge on any atom is -0.507 e. The zero-order valence-corrected chi connectivity index (χ0v) is 8.93. The van der Waals surface area contributed by atoms with Crippen LogP contribution < -0.4 is 0 Å². The van der Waals surface area contributed by atoms with Crippen molar-refractivity contribution in [3.05, 3.63) is 24.1 Å². The van der Waals surface area contributed by atoms with E-state index < -0.39 is 5.97 Å². The molecule has 5 nitrogen and oxygen atoms in total. The van der Waals surface area contributed by atoms with Gasteiger partial charge in [0.05, 0.1) is 11.5 Å². The number of fused-ring (bicyclic) bond motifs is 1. The fraction of sp³-hybridized carbons (Fsp3) is 0.273. The minimum absolute atomic E-state index is 0.0253. The van der Waals surface area contributed by atoms with Crippen molar-refractivity contribution in [2.75, 3.05) is 0 Å². The first kappa shape index (κ1) is 10.5. The molecular weight excluding hydrogens is 210 g/mol. The van der Waals surface area contributed by atoms with Gasteiger partial charge in [0.25, 0.3) is 0 Å². The molecule has 2 rings (SSSR count). The van der Waals surface area contributed by atoms with Gasteiger partial charge in [-0.15, -0.1) is 0 Å². The van der Waals surface area contributed by atoms with E-state index in [1.165, 1.54) is 18.3 Å². The Balaban J connectivity index is 2.40. The second-order valence-corrected chi connectivity index (χ2v) is 3.61. The molecule has 0 spiro atoms. The van der Waals surface area contributed by atoms with Crippen LogP contribution in [0.25, 0.3) is 11.1 Å². The van der Waals surface area contributed by atoms with Crippen LogP contribution in [0.4, 0.5) is 0 Å².